The molecule has 29 heavy (non-hydrogen) atoms. The molecular weight excluding hydrogens is 433 g/mol. The molecule has 0 aliphatic carbocycles. The number of hydrogen-bond donors (Lipinski definition) is 2. The highest BCUT2D eigenvalue weighted by molar-refractivity contribution is 7.98. The predicted molar refractivity (Wildman–Crippen MR) is 116 cm³/mol. The third kappa shape index (κ3) is 5.33. The molecule has 1 atom stereocenters. The number of rotatable bonds is 8. The highest BCUT2D eigenvalue weighted by Gasteiger charge is 2.27. The monoisotopic (exact) mass is 453 g/mol. The van der Waals surface area contributed by atoms with E-state index in [9.17, 15) is 17.6 Å². The van der Waals surface area contributed by atoms with E-state index in [1.165, 1.54) is 41.3 Å². The van der Waals surface area contributed by atoms with E-state index < -0.39 is 32.7 Å². The van der Waals surface area contributed by atoms with Gasteiger partial charge < -0.3 is 5.32 Å². The summed E-state index contributed by atoms with van der Waals surface area (Å²) in [5, 5.41) is 3.67. The van der Waals surface area contributed by atoms with Gasteiger partial charge in [-0.05, 0) is 55.7 Å². The summed E-state index contributed by atoms with van der Waals surface area (Å²) in [5.74, 6) is -0.806. The average Bonchev–Trinajstić information content (AvgIpc) is 3.04. The lowest BCUT2D eigenvalue weighted by molar-refractivity contribution is -0.117. The van der Waals surface area contributed by atoms with Crippen LogP contribution in [0.1, 0.15) is 11.4 Å². The number of anilines is 1. The number of carbonyl (C=O) groups excluding carboxylic acids is 1. The maximum atomic E-state index is 14.0. The van der Waals surface area contributed by atoms with E-state index >= 15 is 0 Å². The third-order valence-electron chi connectivity index (χ3n) is 4.11. The molecule has 6 nitrogen and oxygen atoms in total. The molecular formula is C19H20FN3O3S3. The van der Waals surface area contributed by atoms with Gasteiger partial charge in [-0.2, -0.15) is 16.5 Å². The molecule has 0 radical (unpaired) electrons. The van der Waals surface area contributed by atoms with E-state index in [2.05, 4.69) is 15.0 Å². The van der Waals surface area contributed by atoms with Gasteiger partial charge >= 0.3 is 0 Å². The summed E-state index contributed by atoms with van der Waals surface area (Å²) in [6.45, 7) is 1.90. The quantitative estimate of drug-likeness (QED) is 0.542. The summed E-state index contributed by atoms with van der Waals surface area (Å²) in [5.41, 5.74) is 1.38. The summed E-state index contributed by atoms with van der Waals surface area (Å²) in [6, 6.07) is 9.36. The first kappa shape index (κ1) is 21.7. The highest BCUT2D eigenvalue weighted by Crippen LogP contribution is 2.25. The molecule has 0 saturated heterocycles. The van der Waals surface area contributed by atoms with Crippen LogP contribution in [0.5, 0.6) is 0 Å². The third-order valence-corrected chi connectivity index (χ3v) is 7.20. The smallest absolute Gasteiger partial charge is 0.244 e. The standard InChI is InChI=1S/C19H20FN3O3S3/c1-12-21-15-8-7-13(11-17(15)28-12)22-19(24)16(9-10-27-2)23-29(25,26)18-6-4-3-5-14(18)20/h3-8,11,16,23H,9-10H2,1-2H3,(H,22,24)/t16-/m0/s1. The predicted octanol–water partition coefficient (Wildman–Crippen LogP) is 3.78. The summed E-state index contributed by atoms with van der Waals surface area (Å²) in [7, 11) is -4.19. The van der Waals surface area contributed by atoms with Gasteiger partial charge in [0.15, 0.2) is 0 Å². The lowest BCUT2D eigenvalue weighted by Gasteiger charge is -2.18. The highest BCUT2D eigenvalue weighted by atomic mass is 32.2. The summed E-state index contributed by atoms with van der Waals surface area (Å²) in [4.78, 5) is 16.7. The van der Waals surface area contributed by atoms with Gasteiger partial charge in [0, 0.05) is 5.69 Å². The molecule has 154 valence electrons. The molecule has 0 aliphatic rings. The van der Waals surface area contributed by atoms with Crippen molar-refractivity contribution in [3.05, 3.63) is 53.3 Å². The summed E-state index contributed by atoms with van der Waals surface area (Å²) in [6.07, 6.45) is 2.13. The van der Waals surface area contributed by atoms with Crippen molar-refractivity contribution in [2.24, 2.45) is 0 Å². The average molecular weight is 454 g/mol. The van der Waals surface area contributed by atoms with Crippen LogP contribution < -0.4 is 10.0 Å². The van der Waals surface area contributed by atoms with Crippen LogP contribution in [-0.4, -0.2) is 37.4 Å². The molecule has 3 aromatic rings. The molecule has 0 fully saturated rings. The van der Waals surface area contributed by atoms with Crippen LogP contribution in [0.3, 0.4) is 0 Å². The molecule has 0 aliphatic heterocycles. The van der Waals surface area contributed by atoms with Gasteiger partial charge in [0.2, 0.25) is 15.9 Å². The van der Waals surface area contributed by atoms with Crippen molar-refractivity contribution >= 4 is 54.9 Å². The van der Waals surface area contributed by atoms with Crippen LogP contribution in [0.25, 0.3) is 10.2 Å². The first-order valence-electron chi connectivity index (χ1n) is 8.74. The van der Waals surface area contributed by atoms with Gasteiger partial charge in [0.05, 0.1) is 15.2 Å². The molecule has 0 unspecified atom stereocenters. The second-order valence-electron chi connectivity index (χ2n) is 6.29. The van der Waals surface area contributed by atoms with Gasteiger partial charge in [-0.25, -0.2) is 17.8 Å². The zero-order valence-electron chi connectivity index (χ0n) is 15.8. The number of hydrogen-bond acceptors (Lipinski definition) is 6. The van der Waals surface area contributed by atoms with Crippen molar-refractivity contribution in [3.8, 4) is 0 Å². The summed E-state index contributed by atoms with van der Waals surface area (Å²) < 4.78 is 42.5. The van der Waals surface area contributed by atoms with Gasteiger partial charge in [-0.15, -0.1) is 11.3 Å². The number of halogens is 1. The zero-order chi connectivity index (χ0) is 21.0. The van der Waals surface area contributed by atoms with E-state index in [0.29, 0.717) is 11.4 Å². The molecule has 0 spiro atoms. The van der Waals surface area contributed by atoms with Crippen molar-refractivity contribution in [3.63, 3.8) is 0 Å². The van der Waals surface area contributed by atoms with Gasteiger partial charge in [-0.1, -0.05) is 12.1 Å². The van der Waals surface area contributed by atoms with Crippen molar-refractivity contribution in [2.75, 3.05) is 17.3 Å². The minimum Gasteiger partial charge on any atom is -0.325 e. The molecule has 3 rings (SSSR count). The first-order valence-corrected chi connectivity index (χ1v) is 12.4. The minimum absolute atomic E-state index is 0.266. The van der Waals surface area contributed by atoms with E-state index in [0.717, 1.165) is 21.3 Å². The fourth-order valence-electron chi connectivity index (χ4n) is 2.74. The Morgan fingerprint density at radius 3 is 2.76 bits per heavy atom. The van der Waals surface area contributed by atoms with E-state index in [4.69, 9.17) is 0 Å². The Labute approximate surface area is 177 Å². The van der Waals surface area contributed by atoms with Gasteiger partial charge in [0.1, 0.15) is 16.8 Å². The number of sulfonamides is 1. The molecule has 10 heteroatoms. The number of nitrogens with zero attached hydrogens (tertiary/aromatic N) is 1. The minimum atomic E-state index is -4.19. The number of thiazole rings is 1. The topological polar surface area (TPSA) is 88.2 Å². The molecule has 1 heterocycles. The van der Waals surface area contributed by atoms with E-state index in [1.807, 2.05) is 13.2 Å². The van der Waals surface area contributed by atoms with Crippen molar-refractivity contribution in [2.45, 2.75) is 24.3 Å². The maximum Gasteiger partial charge on any atom is 0.244 e. The van der Waals surface area contributed by atoms with Crippen molar-refractivity contribution in [1.29, 1.82) is 0 Å². The Morgan fingerprint density at radius 1 is 1.28 bits per heavy atom. The number of thioether (sulfide) groups is 1. The fraction of sp³-hybridized carbons (Fsp3) is 0.263. The van der Waals surface area contributed by atoms with Crippen LogP contribution in [0.15, 0.2) is 47.4 Å². The number of fused-ring (bicyclic) bond motifs is 1. The fourth-order valence-corrected chi connectivity index (χ4v) is 5.39. The van der Waals surface area contributed by atoms with Crippen LogP contribution in [0.4, 0.5) is 10.1 Å². The summed E-state index contributed by atoms with van der Waals surface area (Å²) >= 11 is 2.99. The van der Waals surface area contributed by atoms with Gasteiger partial charge in [-0.3, -0.25) is 4.79 Å². The largest absolute Gasteiger partial charge is 0.325 e. The molecule has 0 bridgehead atoms. The second kappa shape index (κ2) is 9.21. The Bertz CT molecular complexity index is 1130. The normalized spacial score (nSPS) is 12.8. The van der Waals surface area contributed by atoms with Crippen LogP contribution in [0.2, 0.25) is 0 Å². The molecule has 2 aromatic carbocycles. The van der Waals surface area contributed by atoms with Gasteiger partial charge in [0.25, 0.3) is 0 Å². The van der Waals surface area contributed by atoms with Crippen molar-refractivity contribution in [1.82, 2.24) is 9.71 Å². The van der Waals surface area contributed by atoms with E-state index in [1.54, 1.807) is 18.2 Å². The lowest BCUT2D eigenvalue weighted by atomic mass is 10.2. The number of amides is 1. The second-order valence-corrected chi connectivity index (χ2v) is 10.2. The van der Waals surface area contributed by atoms with Crippen molar-refractivity contribution < 1.29 is 17.6 Å². The number of benzene rings is 2. The van der Waals surface area contributed by atoms with Crippen LogP contribution in [0, 0.1) is 12.7 Å². The lowest BCUT2D eigenvalue weighted by Crippen LogP contribution is -2.44. The van der Waals surface area contributed by atoms with E-state index in [-0.39, 0.29) is 6.42 Å². The Hall–Kier alpha value is -2.01. The number of aryl methyl sites for hydroxylation is 1. The Morgan fingerprint density at radius 2 is 2.03 bits per heavy atom. The SMILES string of the molecule is CSCC[C@H](NS(=O)(=O)c1ccccc1F)C(=O)Nc1ccc2nc(C)sc2c1. The first-order chi connectivity index (χ1) is 13.8. The zero-order valence-corrected chi connectivity index (χ0v) is 18.3. The number of aromatic nitrogens is 1. The maximum absolute atomic E-state index is 14.0. The Balaban J connectivity index is 1.81. The Kier molecular flexibility index (Phi) is 6.89. The molecule has 1 aromatic heterocycles. The number of carbonyl (C=O) groups is 1. The molecule has 1 amide bonds. The molecule has 2 N–H and O–H groups in total. The van der Waals surface area contributed by atoms with Crippen LogP contribution in [-0.2, 0) is 14.8 Å². The van der Waals surface area contributed by atoms with Crippen LogP contribution >= 0.6 is 23.1 Å². The molecule has 0 saturated carbocycles. The number of nitrogens with one attached hydrogen (secondary N) is 2.